The van der Waals surface area contributed by atoms with Gasteiger partial charge in [0.1, 0.15) is 11.4 Å². The number of benzene rings is 1. The number of aryl methyl sites for hydroxylation is 2. The van der Waals surface area contributed by atoms with Crippen LogP contribution in [0.2, 0.25) is 0 Å². The Kier molecular flexibility index (Phi) is 4.04. The summed E-state index contributed by atoms with van der Waals surface area (Å²) in [5.41, 5.74) is 3.20. The predicted molar refractivity (Wildman–Crippen MR) is 86.8 cm³/mol. The Morgan fingerprint density at radius 2 is 2.14 bits per heavy atom. The molecule has 2 aromatic rings. The van der Waals surface area contributed by atoms with Crippen LogP contribution in [0.3, 0.4) is 0 Å². The molecular formula is C16H20BrN3O. The molecule has 3 rings (SSSR count). The summed E-state index contributed by atoms with van der Waals surface area (Å²) in [7, 11) is 1.93. The number of rotatable bonds is 5. The minimum absolute atomic E-state index is 0.723. The van der Waals surface area contributed by atoms with Crippen molar-refractivity contribution < 1.29 is 4.74 Å². The SMILES string of the molecule is Cc1nn(C)c(C)c1Oc1ccc(CNC2CC2)cc1Br. The maximum Gasteiger partial charge on any atom is 0.171 e. The third-order valence-corrected chi connectivity index (χ3v) is 4.44. The van der Waals surface area contributed by atoms with Gasteiger partial charge in [0.25, 0.3) is 0 Å². The number of halogens is 1. The summed E-state index contributed by atoms with van der Waals surface area (Å²) in [6.07, 6.45) is 2.61. The van der Waals surface area contributed by atoms with E-state index in [0.29, 0.717) is 0 Å². The lowest BCUT2D eigenvalue weighted by molar-refractivity contribution is 0.471. The molecule has 1 aromatic heterocycles. The zero-order valence-corrected chi connectivity index (χ0v) is 14.2. The molecule has 1 saturated carbocycles. The van der Waals surface area contributed by atoms with E-state index in [-0.39, 0.29) is 0 Å². The lowest BCUT2D eigenvalue weighted by Gasteiger charge is -2.10. The Hall–Kier alpha value is -1.33. The fourth-order valence-electron chi connectivity index (χ4n) is 2.30. The summed E-state index contributed by atoms with van der Waals surface area (Å²) in [4.78, 5) is 0. The van der Waals surface area contributed by atoms with Crippen molar-refractivity contribution in [2.45, 2.75) is 39.3 Å². The molecule has 1 aliphatic rings. The second kappa shape index (κ2) is 5.81. The molecule has 1 aromatic carbocycles. The van der Waals surface area contributed by atoms with E-state index in [9.17, 15) is 0 Å². The first-order valence-electron chi connectivity index (χ1n) is 7.24. The number of aromatic nitrogens is 2. The van der Waals surface area contributed by atoms with Gasteiger partial charge < -0.3 is 10.1 Å². The lowest BCUT2D eigenvalue weighted by atomic mass is 10.2. The van der Waals surface area contributed by atoms with Gasteiger partial charge in [-0.25, -0.2) is 0 Å². The fourth-order valence-corrected chi connectivity index (χ4v) is 2.81. The van der Waals surface area contributed by atoms with Crippen molar-refractivity contribution >= 4 is 15.9 Å². The van der Waals surface area contributed by atoms with Crippen molar-refractivity contribution in [2.75, 3.05) is 0 Å². The molecule has 0 saturated heterocycles. The van der Waals surface area contributed by atoms with E-state index >= 15 is 0 Å². The monoisotopic (exact) mass is 349 g/mol. The first kappa shape index (κ1) is 14.6. The first-order chi connectivity index (χ1) is 10.0. The highest BCUT2D eigenvalue weighted by molar-refractivity contribution is 9.10. The normalized spacial score (nSPS) is 14.5. The van der Waals surface area contributed by atoms with Crippen molar-refractivity contribution in [1.82, 2.24) is 15.1 Å². The number of nitrogens with one attached hydrogen (secondary N) is 1. The molecule has 0 amide bonds. The van der Waals surface area contributed by atoms with Crippen molar-refractivity contribution in [3.05, 3.63) is 39.6 Å². The highest BCUT2D eigenvalue weighted by atomic mass is 79.9. The summed E-state index contributed by atoms with van der Waals surface area (Å²) in [5, 5.41) is 7.89. The second-order valence-corrected chi connectivity index (χ2v) is 6.50. The molecule has 1 fully saturated rings. The zero-order valence-electron chi connectivity index (χ0n) is 12.6. The topological polar surface area (TPSA) is 39.1 Å². The summed E-state index contributed by atoms with van der Waals surface area (Å²) >= 11 is 3.60. The van der Waals surface area contributed by atoms with Gasteiger partial charge in [0.2, 0.25) is 0 Å². The van der Waals surface area contributed by atoms with Crippen molar-refractivity contribution in [3.8, 4) is 11.5 Å². The molecule has 21 heavy (non-hydrogen) atoms. The van der Waals surface area contributed by atoms with Gasteiger partial charge >= 0.3 is 0 Å². The molecule has 1 N–H and O–H groups in total. The van der Waals surface area contributed by atoms with Gasteiger partial charge in [0, 0.05) is 19.6 Å². The van der Waals surface area contributed by atoms with Gasteiger partial charge in [-0.15, -0.1) is 0 Å². The van der Waals surface area contributed by atoms with E-state index < -0.39 is 0 Å². The van der Waals surface area contributed by atoms with E-state index in [1.54, 1.807) is 0 Å². The van der Waals surface area contributed by atoms with Crippen LogP contribution in [0, 0.1) is 13.8 Å². The average Bonchev–Trinajstić information content (AvgIpc) is 3.23. The average molecular weight is 350 g/mol. The molecular weight excluding hydrogens is 330 g/mol. The van der Waals surface area contributed by atoms with E-state index in [0.717, 1.165) is 39.9 Å². The van der Waals surface area contributed by atoms with Crippen molar-refractivity contribution in [1.29, 1.82) is 0 Å². The molecule has 0 bridgehead atoms. The lowest BCUT2D eigenvalue weighted by Crippen LogP contribution is -2.15. The first-order valence-corrected chi connectivity index (χ1v) is 8.03. The summed E-state index contributed by atoms with van der Waals surface area (Å²) < 4.78 is 8.85. The van der Waals surface area contributed by atoms with E-state index in [1.807, 2.05) is 31.6 Å². The van der Waals surface area contributed by atoms with Gasteiger partial charge in [-0.2, -0.15) is 5.10 Å². The zero-order chi connectivity index (χ0) is 15.0. The highest BCUT2D eigenvalue weighted by Gasteiger charge is 2.20. The largest absolute Gasteiger partial charge is 0.452 e. The van der Waals surface area contributed by atoms with Crippen LogP contribution in [0.5, 0.6) is 11.5 Å². The third-order valence-electron chi connectivity index (χ3n) is 3.82. The van der Waals surface area contributed by atoms with Crippen molar-refractivity contribution in [2.24, 2.45) is 7.05 Å². The fraction of sp³-hybridized carbons (Fsp3) is 0.438. The molecule has 112 valence electrons. The maximum atomic E-state index is 6.03. The van der Waals surface area contributed by atoms with Crippen LogP contribution in [0.15, 0.2) is 22.7 Å². The third kappa shape index (κ3) is 3.30. The molecule has 0 atom stereocenters. The minimum Gasteiger partial charge on any atom is -0.452 e. The Morgan fingerprint density at radius 1 is 1.38 bits per heavy atom. The summed E-state index contributed by atoms with van der Waals surface area (Å²) in [5.74, 6) is 1.66. The molecule has 0 radical (unpaired) electrons. The quantitative estimate of drug-likeness (QED) is 0.891. The van der Waals surface area contributed by atoms with Gasteiger partial charge in [-0.3, -0.25) is 4.68 Å². The van der Waals surface area contributed by atoms with Crippen LogP contribution in [0.4, 0.5) is 0 Å². The summed E-state index contributed by atoms with van der Waals surface area (Å²) in [6.45, 7) is 4.88. The van der Waals surface area contributed by atoms with Crippen LogP contribution in [0.1, 0.15) is 29.8 Å². The molecule has 1 heterocycles. The Balaban J connectivity index is 1.75. The molecule has 1 aliphatic carbocycles. The van der Waals surface area contributed by atoms with E-state index in [2.05, 4.69) is 38.5 Å². The van der Waals surface area contributed by atoms with Gasteiger partial charge in [-0.1, -0.05) is 6.07 Å². The Labute approximate surface area is 133 Å². The van der Waals surface area contributed by atoms with Gasteiger partial charge in [0.15, 0.2) is 5.75 Å². The smallest absolute Gasteiger partial charge is 0.171 e. The molecule has 0 spiro atoms. The Bertz CT molecular complexity index is 662. The number of hydrogen-bond donors (Lipinski definition) is 1. The predicted octanol–water partition coefficient (Wildman–Crippen LogP) is 3.84. The number of hydrogen-bond acceptors (Lipinski definition) is 3. The van der Waals surface area contributed by atoms with Gasteiger partial charge in [0.05, 0.1) is 10.2 Å². The van der Waals surface area contributed by atoms with Crippen LogP contribution in [-0.2, 0) is 13.6 Å². The second-order valence-electron chi connectivity index (χ2n) is 5.65. The maximum absolute atomic E-state index is 6.03. The van der Waals surface area contributed by atoms with Crippen LogP contribution < -0.4 is 10.1 Å². The van der Waals surface area contributed by atoms with Crippen LogP contribution in [0.25, 0.3) is 0 Å². The highest BCUT2D eigenvalue weighted by Crippen LogP contribution is 2.33. The summed E-state index contributed by atoms with van der Waals surface area (Å²) in [6, 6.07) is 6.96. The minimum atomic E-state index is 0.723. The number of nitrogens with zero attached hydrogens (tertiary/aromatic N) is 2. The molecule has 0 aliphatic heterocycles. The molecule has 5 heteroatoms. The van der Waals surface area contributed by atoms with Crippen molar-refractivity contribution in [3.63, 3.8) is 0 Å². The molecule has 0 unspecified atom stereocenters. The van der Waals surface area contributed by atoms with Crippen LogP contribution in [-0.4, -0.2) is 15.8 Å². The standard InChI is InChI=1S/C16H20BrN3O/c1-10-16(11(2)20(3)19-10)21-15-7-4-12(8-14(15)17)9-18-13-5-6-13/h4,7-8,13,18H,5-6,9H2,1-3H3. The van der Waals surface area contributed by atoms with E-state index in [4.69, 9.17) is 4.74 Å². The Morgan fingerprint density at radius 3 is 2.71 bits per heavy atom. The molecule has 4 nitrogen and oxygen atoms in total. The van der Waals surface area contributed by atoms with Gasteiger partial charge in [-0.05, 0) is 60.3 Å². The van der Waals surface area contributed by atoms with E-state index in [1.165, 1.54) is 18.4 Å². The van der Waals surface area contributed by atoms with Crippen LogP contribution >= 0.6 is 15.9 Å². The number of ether oxygens (including phenoxy) is 1.